The van der Waals surface area contributed by atoms with Gasteiger partial charge in [0.2, 0.25) is 0 Å². The highest BCUT2D eigenvalue weighted by atomic mass is 16.5. The molecule has 0 spiro atoms. The van der Waals surface area contributed by atoms with Crippen molar-refractivity contribution in [3.05, 3.63) is 100 Å². The standard InChI is InChI=1S/C26H23NO6/c1-16-3-7-18(8-4-16)23(28)14-32-25(30)20-11-12-21(22(27)13-20)26(31)33-15-24(29)19-9-5-17(2)6-10-19/h3-13H,14-15,27H2,1-2H3. The minimum Gasteiger partial charge on any atom is -0.454 e. The van der Waals surface area contributed by atoms with Gasteiger partial charge in [-0.1, -0.05) is 59.7 Å². The topological polar surface area (TPSA) is 113 Å². The molecule has 2 N–H and O–H groups in total. The molecule has 0 aliphatic carbocycles. The fraction of sp³-hybridized carbons (Fsp3) is 0.154. The maximum atomic E-state index is 12.3. The minimum atomic E-state index is -0.789. The first kappa shape index (κ1) is 23.4. The van der Waals surface area contributed by atoms with E-state index in [0.717, 1.165) is 11.1 Å². The number of carbonyl (C=O) groups excluding carboxylic acids is 4. The molecule has 0 aliphatic rings. The largest absolute Gasteiger partial charge is 0.454 e. The van der Waals surface area contributed by atoms with Crippen LogP contribution in [0.3, 0.4) is 0 Å². The maximum absolute atomic E-state index is 12.3. The molecule has 33 heavy (non-hydrogen) atoms. The van der Waals surface area contributed by atoms with E-state index < -0.39 is 25.2 Å². The van der Waals surface area contributed by atoms with Gasteiger partial charge in [-0.05, 0) is 32.0 Å². The molecule has 0 radical (unpaired) electrons. The first-order valence-electron chi connectivity index (χ1n) is 10.2. The number of ketones is 2. The molecule has 7 nitrogen and oxygen atoms in total. The highest BCUT2D eigenvalue weighted by Gasteiger charge is 2.18. The van der Waals surface area contributed by atoms with Crippen molar-refractivity contribution in [2.45, 2.75) is 13.8 Å². The van der Waals surface area contributed by atoms with Crippen LogP contribution < -0.4 is 5.73 Å². The number of hydrogen-bond donors (Lipinski definition) is 1. The molecule has 0 atom stereocenters. The van der Waals surface area contributed by atoms with Crippen molar-refractivity contribution >= 4 is 29.2 Å². The Balaban J connectivity index is 1.56. The quantitative estimate of drug-likeness (QED) is 0.317. The molecule has 3 aromatic rings. The molecule has 3 rings (SSSR count). The second-order valence-corrected chi connectivity index (χ2v) is 7.53. The highest BCUT2D eigenvalue weighted by molar-refractivity contribution is 6.02. The summed E-state index contributed by atoms with van der Waals surface area (Å²) in [6, 6.07) is 17.7. The van der Waals surface area contributed by atoms with Crippen molar-refractivity contribution in [1.29, 1.82) is 0 Å². The molecule has 0 saturated carbocycles. The van der Waals surface area contributed by atoms with Crippen molar-refractivity contribution in [1.82, 2.24) is 0 Å². The van der Waals surface area contributed by atoms with Gasteiger partial charge in [-0.25, -0.2) is 9.59 Å². The Hall–Kier alpha value is -4.26. The first-order valence-corrected chi connectivity index (χ1v) is 10.2. The molecule has 0 saturated heterocycles. The number of benzene rings is 3. The predicted molar refractivity (Wildman–Crippen MR) is 122 cm³/mol. The van der Waals surface area contributed by atoms with E-state index in [2.05, 4.69) is 0 Å². The van der Waals surface area contributed by atoms with Crippen LogP contribution in [0.5, 0.6) is 0 Å². The van der Waals surface area contributed by atoms with E-state index in [9.17, 15) is 19.2 Å². The van der Waals surface area contributed by atoms with Gasteiger partial charge in [0.05, 0.1) is 11.1 Å². The lowest BCUT2D eigenvalue weighted by molar-refractivity contribution is 0.0468. The van der Waals surface area contributed by atoms with E-state index in [1.165, 1.54) is 18.2 Å². The van der Waals surface area contributed by atoms with E-state index in [4.69, 9.17) is 15.2 Å². The molecule has 0 bridgehead atoms. The summed E-state index contributed by atoms with van der Waals surface area (Å²) in [6.45, 7) is 2.94. The molecular weight excluding hydrogens is 422 g/mol. The number of aryl methyl sites for hydroxylation is 2. The van der Waals surface area contributed by atoms with Crippen molar-refractivity contribution in [3.8, 4) is 0 Å². The van der Waals surface area contributed by atoms with Crippen molar-refractivity contribution in [3.63, 3.8) is 0 Å². The number of anilines is 1. The zero-order valence-electron chi connectivity index (χ0n) is 18.3. The predicted octanol–water partition coefficient (Wildman–Crippen LogP) is 3.97. The summed E-state index contributed by atoms with van der Waals surface area (Å²) in [7, 11) is 0. The Morgan fingerprint density at radius 3 is 1.52 bits per heavy atom. The zero-order valence-corrected chi connectivity index (χ0v) is 18.3. The van der Waals surface area contributed by atoms with Gasteiger partial charge in [-0.3, -0.25) is 9.59 Å². The molecule has 0 aliphatic heterocycles. The number of hydrogen-bond acceptors (Lipinski definition) is 7. The smallest absolute Gasteiger partial charge is 0.340 e. The zero-order chi connectivity index (χ0) is 24.0. The molecule has 0 unspecified atom stereocenters. The lowest BCUT2D eigenvalue weighted by Crippen LogP contribution is -2.17. The van der Waals surface area contributed by atoms with E-state index >= 15 is 0 Å². The summed E-state index contributed by atoms with van der Waals surface area (Å²) < 4.78 is 10.1. The lowest BCUT2D eigenvalue weighted by Gasteiger charge is -2.09. The van der Waals surface area contributed by atoms with E-state index in [1.54, 1.807) is 48.5 Å². The highest BCUT2D eigenvalue weighted by Crippen LogP contribution is 2.17. The van der Waals surface area contributed by atoms with Crippen molar-refractivity contribution in [2.24, 2.45) is 0 Å². The number of Topliss-reactive ketones (excluding diaryl/α,β-unsaturated/α-hetero) is 2. The Labute approximate surface area is 191 Å². The number of esters is 2. The molecular formula is C26H23NO6. The number of nitrogen functional groups attached to an aromatic ring is 1. The van der Waals surface area contributed by atoms with Crippen LogP contribution in [0.4, 0.5) is 5.69 Å². The average molecular weight is 445 g/mol. The minimum absolute atomic E-state index is 0.0119. The summed E-state index contributed by atoms with van der Waals surface area (Å²) in [5, 5.41) is 0. The van der Waals surface area contributed by atoms with Crippen LogP contribution in [0.2, 0.25) is 0 Å². The van der Waals surface area contributed by atoms with Crippen LogP contribution in [0.1, 0.15) is 52.6 Å². The van der Waals surface area contributed by atoms with E-state index in [0.29, 0.717) is 11.1 Å². The van der Waals surface area contributed by atoms with Crippen LogP contribution in [0.25, 0.3) is 0 Å². The molecule has 7 heteroatoms. The summed E-state index contributed by atoms with van der Waals surface area (Å²) >= 11 is 0. The first-order chi connectivity index (χ1) is 15.7. The SMILES string of the molecule is Cc1ccc(C(=O)COC(=O)c2ccc(C(=O)OCC(=O)c3ccc(C)cc3)c(N)c2)cc1. The average Bonchev–Trinajstić information content (AvgIpc) is 2.81. The fourth-order valence-corrected chi connectivity index (χ4v) is 2.94. The monoisotopic (exact) mass is 445 g/mol. The normalized spacial score (nSPS) is 10.4. The van der Waals surface area contributed by atoms with Gasteiger partial charge >= 0.3 is 11.9 Å². The summed E-state index contributed by atoms with van der Waals surface area (Å²) in [5.74, 6) is -2.23. The maximum Gasteiger partial charge on any atom is 0.340 e. The van der Waals surface area contributed by atoms with Crippen LogP contribution in [0.15, 0.2) is 66.7 Å². The summed E-state index contributed by atoms with van der Waals surface area (Å²) in [5.41, 5.74) is 8.86. The Morgan fingerprint density at radius 2 is 1.06 bits per heavy atom. The van der Waals surface area contributed by atoms with Crippen molar-refractivity contribution in [2.75, 3.05) is 18.9 Å². The van der Waals surface area contributed by atoms with Gasteiger partial charge in [0.1, 0.15) is 0 Å². The molecule has 168 valence electrons. The van der Waals surface area contributed by atoms with Crippen LogP contribution in [-0.4, -0.2) is 36.7 Å². The molecule has 0 fully saturated rings. The molecule has 0 heterocycles. The molecule has 0 aromatic heterocycles. The second kappa shape index (κ2) is 10.4. The summed E-state index contributed by atoms with van der Waals surface area (Å²) in [6.07, 6.45) is 0. The van der Waals surface area contributed by atoms with Crippen LogP contribution in [-0.2, 0) is 9.47 Å². The van der Waals surface area contributed by atoms with Gasteiger partial charge in [-0.2, -0.15) is 0 Å². The number of rotatable bonds is 8. The third kappa shape index (κ3) is 6.13. The van der Waals surface area contributed by atoms with E-state index in [1.807, 2.05) is 13.8 Å². The number of carbonyl (C=O) groups is 4. The molecule has 0 amide bonds. The van der Waals surface area contributed by atoms with Crippen LogP contribution in [0, 0.1) is 13.8 Å². The lowest BCUT2D eigenvalue weighted by atomic mass is 10.1. The molecule has 3 aromatic carbocycles. The van der Waals surface area contributed by atoms with Gasteiger partial charge < -0.3 is 15.2 Å². The van der Waals surface area contributed by atoms with E-state index in [-0.39, 0.29) is 28.4 Å². The summed E-state index contributed by atoms with van der Waals surface area (Å²) in [4.78, 5) is 48.9. The van der Waals surface area contributed by atoms with Gasteiger partial charge in [0.15, 0.2) is 24.8 Å². The number of ether oxygens (including phenoxy) is 2. The fourth-order valence-electron chi connectivity index (χ4n) is 2.94. The Kier molecular flexibility index (Phi) is 7.35. The third-order valence-electron chi connectivity index (χ3n) is 4.92. The number of nitrogens with two attached hydrogens (primary N) is 1. The van der Waals surface area contributed by atoms with Crippen LogP contribution >= 0.6 is 0 Å². The van der Waals surface area contributed by atoms with Gasteiger partial charge in [-0.15, -0.1) is 0 Å². The Morgan fingerprint density at radius 1 is 0.636 bits per heavy atom. The van der Waals surface area contributed by atoms with Crippen molar-refractivity contribution < 1.29 is 28.7 Å². The van der Waals surface area contributed by atoms with Gasteiger partial charge in [0, 0.05) is 16.8 Å². The Bertz CT molecular complexity index is 1200. The second-order valence-electron chi connectivity index (χ2n) is 7.53. The van der Waals surface area contributed by atoms with Gasteiger partial charge in [0.25, 0.3) is 0 Å². The third-order valence-corrected chi connectivity index (χ3v) is 4.92.